The van der Waals surface area contributed by atoms with Crippen molar-refractivity contribution in [3.05, 3.63) is 328 Å². The smallest absolute Gasteiger partial charge is 0.227 e. The van der Waals surface area contributed by atoms with Crippen molar-refractivity contribution in [2.45, 2.75) is 0 Å². The number of fused-ring (bicyclic) bond motifs is 3. The Labute approximate surface area is 520 Å². The van der Waals surface area contributed by atoms with Crippen LogP contribution in [0.25, 0.3) is 123 Å². The largest absolute Gasteiger partial charge is 0.436 e. The fourth-order valence-electron chi connectivity index (χ4n) is 12.1. The predicted molar refractivity (Wildman–Crippen MR) is 368 cm³/mol. The molecule has 0 atom stereocenters. The lowest BCUT2D eigenvalue weighted by Gasteiger charge is -2.26. The van der Waals surface area contributed by atoms with E-state index < -0.39 is 0 Å². The lowest BCUT2D eigenvalue weighted by atomic mass is 9.90. The van der Waals surface area contributed by atoms with Crippen LogP contribution in [-0.2, 0) is 0 Å². The number of oxazole rings is 2. The molecule has 0 fully saturated rings. The number of hydrogen-bond donors (Lipinski definition) is 0. The second-order valence-corrected chi connectivity index (χ2v) is 22.2. The van der Waals surface area contributed by atoms with Crippen LogP contribution in [0.5, 0.6) is 0 Å². The Bertz CT molecular complexity index is 4810. The maximum Gasteiger partial charge on any atom is 0.227 e. The minimum atomic E-state index is 0.582. The van der Waals surface area contributed by atoms with Crippen LogP contribution in [0.2, 0.25) is 0 Å². The summed E-state index contributed by atoms with van der Waals surface area (Å²) in [6.07, 6.45) is 0. The number of benzene rings is 13. The standard InChI is InChI=1S/C82H54N6O2/c1-5-19-55(20-6-1)61-23-17-25-63(51-61)71-53-75-76(54-72(71)64-26-18-24-62(52-64)56-21-7-2-8-22-56)84-80(58-37-45-68(46-38-58)88(66-29-11-4-12-30-66)70-49-41-60(42-50-70)82-86-74-32-14-16-34-78(74)90-82)79(83-75)57-35-43-67(44-36-57)87(65-27-9-3-10-28-65)69-47-39-59(40-48-69)81-85-73-31-13-15-33-77(73)89-81/h1-54H. The third-order valence-corrected chi connectivity index (χ3v) is 16.5. The van der Waals surface area contributed by atoms with E-state index in [9.17, 15) is 0 Å². The maximum absolute atomic E-state index is 6.18. The average Bonchev–Trinajstić information content (AvgIpc) is 1.09. The van der Waals surface area contributed by atoms with Gasteiger partial charge in [0.2, 0.25) is 11.8 Å². The molecule has 0 unspecified atom stereocenters. The molecule has 8 heteroatoms. The second-order valence-electron chi connectivity index (χ2n) is 22.2. The van der Waals surface area contributed by atoms with Crippen LogP contribution in [0, 0.1) is 0 Å². The molecule has 16 rings (SSSR count). The molecule has 0 amide bonds. The van der Waals surface area contributed by atoms with E-state index in [4.69, 9.17) is 28.8 Å². The van der Waals surface area contributed by atoms with Crippen LogP contribution >= 0.6 is 0 Å². The summed E-state index contributed by atoms with van der Waals surface area (Å²) in [4.78, 5) is 25.5. The molecule has 0 aliphatic heterocycles. The van der Waals surface area contributed by atoms with Gasteiger partial charge in [0.1, 0.15) is 11.0 Å². The number of aromatic nitrogens is 4. The van der Waals surface area contributed by atoms with Gasteiger partial charge in [0.05, 0.1) is 22.4 Å². The van der Waals surface area contributed by atoms with Crippen LogP contribution in [-0.4, -0.2) is 19.9 Å². The quantitative estimate of drug-likeness (QED) is 0.106. The van der Waals surface area contributed by atoms with E-state index in [0.29, 0.717) is 11.8 Å². The molecule has 90 heavy (non-hydrogen) atoms. The van der Waals surface area contributed by atoms with Gasteiger partial charge < -0.3 is 18.6 Å². The number of nitrogens with zero attached hydrogens (tertiary/aromatic N) is 6. The first-order valence-corrected chi connectivity index (χ1v) is 30.1. The molecule has 0 bridgehead atoms. The van der Waals surface area contributed by atoms with Gasteiger partial charge in [-0.05, 0) is 190 Å². The van der Waals surface area contributed by atoms with E-state index in [0.717, 1.165) is 146 Å². The first-order chi connectivity index (χ1) is 44.6. The van der Waals surface area contributed by atoms with Crippen LogP contribution in [0.3, 0.4) is 0 Å². The molecule has 0 radical (unpaired) electrons. The van der Waals surface area contributed by atoms with Crippen molar-refractivity contribution < 1.29 is 8.83 Å². The Morgan fingerprint density at radius 1 is 0.200 bits per heavy atom. The fraction of sp³-hybridized carbons (Fsp3) is 0. The molecule has 3 aromatic heterocycles. The summed E-state index contributed by atoms with van der Waals surface area (Å²) in [5.74, 6) is 1.16. The van der Waals surface area contributed by atoms with Gasteiger partial charge in [-0.25, -0.2) is 19.9 Å². The lowest BCUT2D eigenvalue weighted by Crippen LogP contribution is -2.10. The maximum atomic E-state index is 6.18. The number of hydrogen-bond acceptors (Lipinski definition) is 8. The number of anilines is 6. The molecule has 424 valence electrons. The van der Waals surface area contributed by atoms with Crippen molar-refractivity contribution in [3.8, 4) is 89.9 Å². The number of rotatable bonds is 14. The molecule has 8 nitrogen and oxygen atoms in total. The Kier molecular flexibility index (Phi) is 13.7. The van der Waals surface area contributed by atoms with E-state index in [1.807, 2.05) is 60.7 Å². The summed E-state index contributed by atoms with van der Waals surface area (Å²) in [6.45, 7) is 0. The van der Waals surface area contributed by atoms with E-state index in [-0.39, 0.29) is 0 Å². The molecule has 0 N–H and O–H groups in total. The third-order valence-electron chi connectivity index (χ3n) is 16.5. The highest BCUT2D eigenvalue weighted by atomic mass is 16.4. The van der Waals surface area contributed by atoms with E-state index in [2.05, 4.69) is 277 Å². The lowest BCUT2D eigenvalue weighted by molar-refractivity contribution is 0.619. The first-order valence-electron chi connectivity index (χ1n) is 30.1. The summed E-state index contributed by atoms with van der Waals surface area (Å²) in [7, 11) is 0. The highest BCUT2D eigenvalue weighted by molar-refractivity contribution is 5.98. The second kappa shape index (κ2) is 23.2. The molecule has 0 saturated carbocycles. The zero-order valence-electron chi connectivity index (χ0n) is 48.7. The first kappa shape index (κ1) is 53.2. The van der Waals surface area contributed by atoms with Crippen molar-refractivity contribution in [1.29, 1.82) is 0 Å². The van der Waals surface area contributed by atoms with Gasteiger partial charge in [0.15, 0.2) is 11.2 Å². The van der Waals surface area contributed by atoms with E-state index in [1.54, 1.807) is 0 Å². The van der Waals surface area contributed by atoms with Crippen LogP contribution in [0.4, 0.5) is 34.1 Å². The van der Waals surface area contributed by atoms with Crippen molar-refractivity contribution in [1.82, 2.24) is 19.9 Å². The average molecular weight is 1160 g/mol. The predicted octanol–water partition coefficient (Wildman–Crippen LogP) is 22.2. The monoisotopic (exact) mass is 1150 g/mol. The minimum Gasteiger partial charge on any atom is -0.436 e. The van der Waals surface area contributed by atoms with E-state index >= 15 is 0 Å². The Hall–Kier alpha value is -12.3. The van der Waals surface area contributed by atoms with Crippen molar-refractivity contribution in [2.24, 2.45) is 0 Å². The molecular weight excluding hydrogens is 1100 g/mol. The summed E-state index contributed by atoms with van der Waals surface area (Å²) < 4.78 is 12.4. The highest BCUT2D eigenvalue weighted by Crippen LogP contribution is 2.44. The highest BCUT2D eigenvalue weighted by Gasteiger charge is 2.22. The summed E-state index contributed by atoms with van der Waals surface area (Å²) in [5, 5.41) is 0. The van der Waals surface area contributed by atoms with Crippen molar-refractivity contribution in [3.63, 3.8) is 0 Å². The molecule has 13 aromatic carbocycles. The molecular formula is C82H54N6O2. The molecule has 0 aliphatic carbocycles. The zero-order valence-corrected chi connectivity index (χ0v) is 48.7. The Morgan fingerprint density at radius 3 is 0.867 bits per heavy atom. The van der Waals surface area contributed by atoms with Gasteiger partial charge in [0.25, 0.3) is 0 Å². The van der Waals surface area contributed by atoms with Gasteiger partial charge in [-0.2, -0.15) is 0 Å². The molecule has 0 spiro atoms. The molecule has 16 aromatic rings. The number of para-hydroxylation sites is 6. The Morgan fingerprint density at radius 2 is 0.500 bits per heavy atom. The van der Waals surface area contributed by atoms with Gasteiger partial charge in [-0.3, -0.25) is 0 Å². The Balaban J connectivity index is 0.837. The molecule has 3 heterocycles. The summed E-state index contributed by atoms with van der Waals surface area (Å²) in [5.41, 5.74) is 24.7. The molecule has 0 aliphatic rings. The van der Waals surface area contributed by atoms with Crippen molar-refractivity contribution in [2.75, 3.05) is 9.80 Å². The summed E-state index contributed by atoms with van der Waals surface area (Å²) in [6, 6.07) is 114. The van der Waals surface area contributed by atoms with Gasteiger partial charge in [0, 0.05) is 56.4 Å². The van der Waals surface area contributed by atoms with Crippen LogP contribution in [0.1, 0.15) is 0 Å². The van der Waals surface area contributed by atoms with Crippen molar-refractivity contribution >= 4 is 67.4 Å². The van der Waals surface area contributed by atoms with Gasteiger partial charge in [-0.1, -0.05) is 182 Å². The third kappa shape index (κ3) is 10.4. The normalized spacial score (nSPS) is 11.3. The molecule has 0 saturated heterocycles. The SMILES string of the molecule is c1ccc(-c2cccc(-c3cc4nc(-c5ccc(N(c6ccccc6)c6ccc(-c7nc8ccccc8o7)cc6)cc5)c(-c5ccc(N(c6ccccc6)c6ccc(-c7nc8ccccc8o7)cc6)cc5)nc4cc3-c3cccc(-c4ccccc4)c3)c2)cc1. The topological polar surface area (TPSA) is 84.3 Å². The van der Waals surface area contributed by atoms with E-state index in [1.165, 1.54) is 0 Å². The summed E-state index contributed by atoms with van der Waals surface area (Å²) >= 11 is 0. The fourth-order valence-corrected chi connectivity index (χ4v) is 12.1. The van der Waals surface area contributed by atoms with Gasteiger partial charge >= 0.3 is 0 Å². The zero-order chi connectivity index (χ0) is 59.7. The van der Waals surface area contributed by atoms with Crippen LogP contribution < -0.4 is 9.80 Å². The minimum absolute atomic E-state index is 0.582. The van der Waals surface area contributed by atoms with Gasteiger partial charge in [-0.15, -0.1) is 0 Å². The van der Waals surface area contributed by atoms with Crippen LogP contribution in [0.15, 0.2) is 336 Å².